The molecular weight excluding hydrogens is 376 g/mol. The van der Waals surface area contributed by atoms with Gasteiger partial charge in [-0.1, -0.05) is 36.4 Å². The molecule has 2 aromatic rings. The van der Waals surface area contributed by atoms with E-state index >= 15 is 0 Å². The maximum Gasteiger partial charge on any atom is 0.258 e. The van der Waals surface area contributed by atoms with Gasteiger partial charge in [0, 0.05) is 18.1 Å². The Kier molecular flexibility index (Phi) is 9.29. The van der Waals surface area contributed by atoms with Crippen LogP contribution in [0.2, 0.25) is 0 Å². The van der Waals surface area contributed by atoms with Crippen LogP contribution in [-0.2, 0) is 11.3 Å². The molecule has 0 aliphatic heterocycles. The number of halogens is 1. The molecule has 1 atom stereocenters. The lowest BCUT2D eigenvalue weighted by atomic mass is 10.1. The molecule has 28 heavy (non-hydrogen) atoms. The second-order valence-corrected chi connectivity index (χ2v) is 7.59. The fraction of sp³-hybridized carbons (Fsp3) is 0.409. The average Bonchev–Trinajstić information content (AvgIpc) is 2.64. The van der Waals surface area contributed by atoms with Gasteiger partial charge >= 0.3 is 0 Å². The molecule has 6 heteroatoms. The minimum atomic E-state index is -0.282. The Morgan fingerprint density at radius 1 is 1.07 bits per heavy atom. The molecule has 0 spiro atoms. The zero-order valence-electron chi connectivity index (χ0n) is 17.2. The third-order valence-corrected chi connectivity index (χ3v) is 4.01. The molecule has 0 saturated carbocycles. The van der Waals surface area contributed by atoms with Crippen molar-refractivity contribution < 1.29 is 14.3 Å². The van der Waals surface area contributed by atoms with Crippen LogP contribution in [0.15, 0.2) is 48.5 Å². The number of hydrogen-bond donors (Lipinski definition) is 2. The number of rotatable bonds is 8. The molecule has 0 saturated heterocycles. The zero-order valence-corrected chi connectivity index (χ0v) is 18.1. The molecule has 2 rings (SSSR count). The number of carbonyl (C=O) groups is 1. The standard InChI is InChI=1S/C22H30N2O3.ClH/c1-16(18-9-7-6-8-10-18)23-14-17-11-12-19(20(13-17)26-5)27-15-21(25)24-22(2,3)4;/h6-13,16,23H,14-15H2,1-5H3,(H,24,25);1H. The normalized spacial score (nSPS) is 11.9. The lowest BCUT2D eigenvalue weighted by Gasteiger charge is -2.21. The van der Waals surface area contributed by atoms with Gasteiger partial charge in [0.05, 0.1) is 7.11 Å². The van der Waals surface area contributed by atoms with Gasteiger partial charge in [-0.25, -0.2) is 0 Å². The summed E-state index contributed by atoms with van der Waals surface area (Å²) in [5.41, 5.74) is 2.05. The Morgan fingerprint density at radius 2 is 1.75 bits per heavy atom. The van der Waals surface area contributed by atoms with E-state index in [4.69, 9.17) is 9.47 Å². The fourth-order valence-electron chi connectivity index (χ4n) is 2.67. The summed E-state index contributed by atoms with van der Waals surface area (Å²) in [4.78, 5) is 11.9. The first-order chi connectivity index (χ1) is 12.8. The smallest absolute Gasteiger partial charge is 0.258 e. The Balaban J connectivity index is 0.00000392. The highest BCUT2D eigenvalue weighted by Gasteiger charge is 2.15. The quantitative estimate of drug-likeness (QED) is 0.687. The Bertz CT molecular complexity index is 745. The van der Waals surface area contributed by atoms with Gasteiger partial charge in [-0.15, -0.1) is 12.4 Å². The van der Waals surface area contributed by atoms with E-state index in [1.165, 1.54) is 5.56 Å². The average molecular weight is 407 g/mol. The molecule has 1 amide bonds. The highest BCUT2D eigenvalue weighted by Crippen LogP contribution is 2.28. The van der Waals surface area contributed by atoms with Crippen LogP contribution in [0.1, 0.15) is 44.9 Å². The van der Waals surface area contributed by atoms with Gasteiger partial charge in [-0.05, 0) is 51.0 Å². The summed E-state index contributed by atoms with van der Waals surface area (Å²) in [5, 5.41) is 6.37. The molecular formula is C22H31ClN2O3. The van der Waals surface area contributed by atoms with Gasteiger partial charge in [0.1, 0.15) is 0 Å². The number of nitrogens with one attached hydrogen (secondary N) is 2. The van der Waals surface area contributed by atoms with E-state index in [1.54, 1.807) is 7.11 Å². The van der Waals surface area contributed by atoms with Crippen LogP contribution in [0.5, 0.6) is 11.5 Å². The topological polar surface area (TPSA) is 59.6 Å². The Hall–Kier alpha value is -2.24. The molecule has 0 radical (unpaired) electrons. The fourth-order valence-corrected chi connectivity index (χ4v) is 2.67. The number of hydrogen-bond acceptors (Lipinski definition) is 4. The third-order valence-electron chi connectivity index (χ3n) is 4.01. The molecule has 0 aliphatic carbocycles. The highest BCUT2D eigenvalue weighted by atomic mass is 35.5. The Morgan fingerprint density at radius 3 is 2.36 bits per heavy atom. The van der Waals surface area contributed by atoms with Crippen LogP contribution in [0.3, 0.4) is 0 Å². The summed E-state index contributed by atoms with van der Waals surface area (Å²) < 4.78 is 11.1. The second-order valence-electron chi connectivity index (χ2n) is 7.59. The van der Waals surface area contributed by atoms with Crippen LogP contribution in [-0.4, -0.2) is 25.2 Å². The lowest BCUT2D eigenvalue weighted by Crippen LogP contribution is -2.43. The van der Waals surface area contributed by atoms with E-state index in [-0.39, 0.29) is 36.5 Å². The van der Waals surface area contributed by atoms with Gasteiger partial charge in [0.25, 0.3) is 5.91 Å². The SMILES string of the molecule is COc1cc(CNC(C)c2ccccc2)ccc1OCC(=O)NC(C)(C)C.Cl. The molecule has 2 N–H and O–H groups in total. The minimum absolute atomic E-state index is 0. The number of methoxy groups -OCH3 is 1. The molecule has 0 heterocycles. The molecule has 2 aromatic carbocycles. The summed E-state index contributed by atoms with van der Waals surface area (Å²) in [5.74, 6) is 1.01. The van der Waals surface area contributed by atoms with E-state index < -0.39 is 0 Å². The maximum atomic E-state index is 11.9. The molecule has 0 aromatic heterocycles. The summed E-state index contributed by atoms with van der Waals surface area (Å²) in [6, 6.07) is 16.3. The molecule has 1 unspecified atom stereocenters. The van der Waals surface area contributed by atoms with Crippen molar-refractivity contribution in [1.29, 1.82) is 0 Å². The number of amides is 1. The minimum Gasteiger partial charge on any atom is -0.493 e. The summed E-state index contributed by atoms with van der Waals surface area (Å²) in [6.45, 7) is 8.60. The highest BCUT2D eigenvalue weighted by molar-refractivity contribution is 5.85. The summed E-state index contributed by atoms with van der Waals surface area (Å²) in [6.07, 6.45) is 0. The lowest BCUT2D eigenvalue weighted by molar-refractivity contribution is -0.124. The van der Waals surface area contributed by atoms with Gasteiger partial charge in [-0.3, -0.25) is 4.79 Å². The van der Waals surface area contributed by atoms with Crippen molar-refractivity contribution in [2.75, 3.05) is 13.7 Å². The van der Waals surface area contributed by atoms with Crippen LogP contribution < -0.4 is 20.1 Å². The maximum absolute atomic E-state index is 11.9. The molecule has 0 fully saturated rings. The van der Waals surface area contributed by atoms with Gasteiger partial charge in [0.2, 0.25) is 0 Å². The number of ether oxygens (including phenoxy) is 2. The van der Waals surface area contributed by atoms with Crippen molar-refractivity contribution in [3.63, 3.8) is 0 Å². The van der Waals surface area contributed by atoms with Crippen molar-refractivity contribution in [2.24, 2.45) is 0 Å². The van der Waals surface area contributed by atoms with Crippen molar-refractivity contribution in [2.45, 2.75) is 45.8 Å². The molecule has 0 aliphatic rings. The van der Waals surface area contributed by atoms with E-state index in [9.17, 15) is 4.79 Å². The summed E-state index contributed by atoms with van der Waals surface area (Å²) in [7, 11) is 1.60. The first-order valence-electron chi connectivity index (χ1n) is 9.17. The van der Waals surface area contributed by atoms with Crippen molar-refractivity contribution in [3.05, 3.63) is 59.7 Å². The van der Waals surface area contributed by atoms with Crippen LogP contribution in [0.4, 0.5) is 0 Å². The molecule has 154 valence electrons. The van der Waals surface area contributed by atoms with Crippen molar-refractivity contribution in [1.82, 2.24) is 10.6 Å². The van der Waals surface area contributed by atoms with Gasteiger partial charge in [-0.2, -0.15) is 0 Å². The van der Waals surface area contributed by atoms with Crippen molar-refractivity contribution >= 4 is 18.3 Å². The van der Waals surface area contributed by atoms with Crippen LogP contribution >= 0.6 is 12.4 Å². The van der Waals surface area contributed by atoms with Crippen LogP contribution in [0, 0.1) is 0 Å². The predicted octanol–water partition coefficient (Wildman–Crippen LogP) is 4.26. The van der Waals surface area contributed by atoms with E-state index in [2.05, 4.69) is 29.7 Å². The van der Waals surface area contributed by atoms with E-state index in [0.29, 0.717) is 18.0 Å². The van der Waals surface area contributed by atoms with E-state index in [0.717, 1.165) is 5.56 Å². The Labute approximate surface area is 174 Å². The predicted molar refractivity (Wildman–Crippen MR) is 115 cm³/mol. The molecule has 0 bridgehead atoms. The van der Waals surface area contributed by atoms with Crippen molar-refractivity contribution in [3.8, 4) is 11.5 Å². The first kappa shape index (κ1) is 23.8. The number of benzene rings is 2. The monoisotopic (exact) mass is 406 g/mol. The second kappa shape index (κ2) is 10.9. The summed E-state index contributed by atoms with van der Waals surface area (Å²) >= 11 is 0. The zero-order chi connectivity index (χ0) is 19.9. The third kappa shape index (κ3) is 7.79. The first-order valence-corrected chi connectivity index (χ1v) is 9.17. The largest absolute Gasteiger partial charge is 0.493 e. The van der Waals surface area contributed by atoms with E-state index in [1.807, 2.05) is 57.2 Å². The molecule has 5 nitrogen and oxygen atoms in total. The van der Waals surface area contributed by atoms with Gasteiger partial charge < -0.3 is 20.1 Å². The van der Waals surface area contributed by atoms with Gasteiger partial charge in [0.15, 0.2) is 18.1 Å². The number of carbonyl (C=O) groups excluding carboxylic acids is 1. The van der Waals surface area contributed by atoms with Crippen LogP contribution in [0.25, 0.3) is 0 Å².